The Hall–Kier alpha value is -1.24. The van der Waals surface area contributed by atoms with Gasteiger partial charge in [0.25, 0.3) is 5.24 Å². The van der Waals surface area contributed by atoms with E-state index in [9.17, 15) is 14.4 Å². The van der Waals surface area contributed by atoms with Crippen molar-refractivity contribution in [3.05, 3.63) is 0 Å². The van der Waals surface area contributed by atoms with Crippen LogP contribution in [0.1, 0.15) is 20.3 Å². The number of amides is 2. The summed E-state index contributed by atoms with van der Waals surface area (Å²) < 4.78 is 4.65. The predicted octanol–water partition coefficient (Wildman–Crippen LogP) is 0.515. The Bertz CT molecular complexity index is 346. The minimum Gasteiger partial charge on any atom is -0.467 e. The Kier molecular flexibility index (Phi) is 5.46. The van der Waals surface area contributed by atoms with Crippen LogP contribution in [0, 0.1) is 5.92 Å². The molecule has 1 heterocycles. The van der Waals surface area contributed by atoms with Crippen LogP contribution in [0.3, 0.4) is 0 Å². The quantitative estimate of drug-likeness (QED) is 0.714. The van der Waals surface area contributed by atoms with Gasteiger partial charge in [-0.05, 0) is 12.3 Å². The van der Waals surface area contributed by atoms with Crippen LogP contribution < -0.4 is 10.6 Å². The van der Waals surface area contributed by atoms with Gasteiger partial charge >= 0.3 is 5.97 Å². The lowest BCUT2D eigenvalue weighted by atomic mass is 10.0. The molecule has 18 heavy (non-hydrogen) atoms. The van der Waals surface area contributed by atoms with Crippen molar-refractivity contribution in [3.63, 3.8) is 0 Å². The average Bonchev–Trinajstić information content (AvgIpc) is 2.73. The third kappa shape index (κ3) is 4.21. The van der Waals surface area contributed by atoms with Gasteiger partial charge in [-0.15, -0.1) is 0 Å². The molecule has 1 aliphatic rings. The highest BCUT2D eigenvalue weighted by Gasteiger charge is 2.31. The van der Waals surface area contributed by atoms with Gasteiger partial charge < -0.3 is 15.4 Å². The number of ether oxygens (including phenoxy) is 1. The third-order valence-corrected chi connectivity index (χ3v) is 3.38. The monoisotopic (exact) mass is 274 g/mol. The minimum absolute atomic E-state index is 0.214. The average molecular weight is 274 g/mol. The molecule has 1 fully saturated rings. The van der Waals surface area contributed by atoms with E-state index >= 15 is 0 Å². The number of rotatable bonds is 5. The minimum atomic E-state index is -0.662. The second kappa shape index (κ2) is 6.63. The highest BCUT2D eigenvalue weighted by molar-refractivity contribution is 8.14. The van der Waals surface area contributed by atoms with Crippen molar-refractivity contribution in [3.8, 4) is 0 Å². The van der Waals surface area contributed by atoms with Gasteiger partial charge in [-0.3, -0.25) is 9.59 Å². The molecule has 7 heteroatoms. The van der Waals surface area contributed by atoms with Crippen LogP contribution in [0.2, 0.25) is 0 Å². The summed E-state index contributed by atoms with van der Waals surface area (Å²) in [5.41, 5.74) is 0. The molecule has 0 saturated carbocycles. The van der Waals surface area contributed by atoms with E-state index in [1.807, 2.05) is 13.8 Å². The molecule has 0 bridgehead atoms. The lowest BCUT2D eigenvalue weighted by Crippen LogP contribution is -2.50. The summed E-state index contributed by atoms with van der Waals surface area (Å²) in [5, 5.41) is 4.93. The van der Waals surface area contributed by atoms with Gasteiger partial charge in [-0.1, -0.05) is 25.6 Å². The number of methoxy groups -OCH3 is 1. The van der Waals surface area contributed by atoms with Crippen LogP contribution in [0.25, 0.3) is 0 Å². The second-order valence-electron chi connectivity index (χ2n) is 4.51. The number of carbonyl (C=O) groups excluding carboxylic acids is 3. The Morgan fingerprint density at radius 1 is 1.56 bits per heavy atom. The number of thioether (sulfide) groups is 1. The molecule has 102 valence electrons. The van der Waals surface area contributed by atoms with E-state index in [0.29, 0.717) is 12.2 Å². The maximum absolute atomic E-state index is 11.9. The van der Waals surface area contributed by atoms with Crippen LogP contribution >= 0.6 is 11.8 Å². The van der Waals surface area contributed by atoms with Gasteiger partial charge in [-0.25, -0.2) is 4.79 Å². The topological polar surface area (TPSA) is 84.5 Å². The summed E-state index contributed by atoms with van der Waals surface area (Å²) in [6, 6.07) is -1.23. The molecule has 1 rings (SSSR count). The summed E-state index contributed by atoms with van der Waals surface area (Å²) in [6.07, 6.45) is 0.506. The van der Waals surface area contributed by atoms with Crippen LogP contribution in [-0.2, 0) is 14.3 Å². The fourth-order valence-corrected chi connectivity index (χ4v) is 2.40. The van der Waals surface area contributed by atoms with Gasteiger partial charge in [0.05, 0.1) is 7.11 Å². The van der Waals surface area contributed by atoms with E-state index in [1.165, 1.54) is 7.11 Å². The van der Waals surface area contributed by atoms with E-state index in [4.69, 9.17) is 0 Å². The number of hydrogen-bond acceptors (Lipinski definition) is 5. The van der Waals surface area contributed by atoms with E-state index in [-0.39, 0.29) is 17.1 Å². The molecule has 1 aliphatic heterocycles. The van der Waals surface area contributed by atoms with Crippen molar-refractivity contribution in [2.24, 2.45) is 5.92 Å². The molecule has 0 aliphatic carbocycles. The summed E-state index contributed by atoms with van der Waals surface area (Å²) in [7, 11) is 1.29. The molecular weight excluding hydrogens is 256 g/mol. The summed E-state index contributed by atoms with van der Waals surface area (Å²) >= 11 is 1.06. The van der Waals surface area contributed by atoms with Crippen LogP contribution in [0.5, 0.6) is 0 Å². The molecule has 2 amide bonds. The van der Waals surface area contributed by atoms with Crippen LogP contribution in [0.15, 0.2) is 0 Å². The Labute approximate surface area is 110 Å². The number of hydrogen-bond donors (Lipinski definition) is 2. The van der Waals surface area contributed by atoms with E-state index < -0.39 is 18.1 Å². The van der Waals surface area contributed by atoms with Crippen molar-refractivity contribution in [1.82, 2.24) is 10.6 Å². The first kappa shape index (κ1) is 14.8. The lowest BCUT2D eigenvalue weighted by Gasteiger charge is -2.20. The second-order valence-corrected chi connectivity index (χ2v) is 5.50. The molecule has 6 nitrogen and oxygen atoms in total. The SMILES string of the molecule is COC(=O)[C@H](CC(C)C)NC(=O)[C@@H]1CSC(=O)N1. The van der Waals surface area contributed by atoms with Gasteiger partial charge in [0, 0.05) is 5.75 Å². The molecule has 0 aromatic heterocycles. The van der Waals surface area contributed by atoms with Crippen molar-refractivity contribution >= 4 is 28.9 Å². The van der Waals surface area contributed by atoms with Crippen molar-refractivity contribution < 1.29 is 19.1 Å². The number of esters is 1. The molecular formula is C11H18N2O4S. The highest BCUT2D eigenvalue weighted by Crippen LogP contribution is 2.14. The lowest BCUT2D eigenvalue weighted by molar-refractivity contribution is -0.145. The number of carbonyl (C=O) groups is 3. The van der Waals surface area contributed by atoms with Gasteiger partial charge in [-0.2, -0.15) is 0 Å². The Balaban J connectivity index is 2.56. The zero-order valence-electron chi connectivity index (χ0n) is 10.7. The van der Waals surface area contributed by atoms with Gasteiger partial charge in [0.1, 0.15) is 12.1 Å². The van der Waals surface area contributed by atoms with Crippen LogP contribution in [0.4, 0.5) is 4.79 Å². The zero-order chi connectivity index (χ0) is 13.7. The Morgan fingerprint density at radius 3 is 2.67 bits per heavy atom. The smallest absolute Gasteiger partial charge is 0.328 e. The van der Waals surface area contributed by atoms with Crippen molar-refractivity contribution in [1.29, 1.82) is 0 Å². The maximum atomic E-state index is 11.9. The Morgan fingerprint density at radius 2 is 2.22 bits per heavy atom. The van der Waals surface area contributed by atoms with Crippen molar-refractivity contribution in [2.45, 2.75) is 32.4 Å². The zero-order valence-corrected chi connectivity index (χ0v) is 11.5. The van der Waals surface area contributed by atoms with Gasteiger partial charge in [0.2, 0.25) is 5.91 Å². The first-order chi connectivity index (χ1) is 8.43. The summed E-state index contributed by atoms with van der Waals surface area (Å²) in [6.45, 7) is 3.91. The van der Waals surface area contributed by atoms with E-state index in [0.717, 1.165) is 11.8 Å². The molecule has 0 spiro atoms. The summed E-state index contributed by atoms with van der Waals surface area (Å²) in [5.74, 6) is -0.166. The van der Waals surface area contributed by atoms with Crippen molar-refractivity contribution in [2.75, 3.05) is 12.9 Å². The van der Waals surface area contributed by atoms with E-state index in [2.05, 4.69) is 15.4 Å². The van der Waals surface area contributed by atoms with Crippen LogP contribution in [-0.4, -0.2) is 42.1 Å². The van der Waals surface area contributed by atoms with E-state index in [1.54, 1.807) is 0 Å². The maximum Gasteiger partial charge on any atom is 0.328 e. The van der Waals surface area contributed by atoms with Gasteiger partial charge in [0.15, 0.2) is 0 Å². The standard InChI is InChI=1S/C11H18N2O4S/c1-6(2)4-7(10(15)17-3)12-9(14)8-5-18-11(16)13-8/h6-8H,4-5H2,1-3H3,(H,12,14)(H,13,16)/t7-,8-/m0/s1. The fraction of sp³-hybridized carbons (Fsp3) is 0.727. The number of nitrogens with one attached hydrogen (secondary N) is 2. The molecule has 2 atom stereocenters. The molecule has 0 aromatic carbocycles. The molecule has 2 N–H and O–H groups in total. The summed E-state index contributed by atoms with van der Waals surface area (Å²) in [4.78, 5) is 34.4. The highest BCUT2D eigenvalue weighted by atomic mass is 32.2. The first-order valence-corrected chi connectivity index (χ1v) is 6.74. The normalized spacial score (nSPS) is 20.4. The molecule has 0 aromatic rings. The molecule has 1 saturated heterocycles. The largest absolute Gasteiger partial charge is 0.467 e. The first-order valence-electron chi connectivity index (χ1n) is 5.75. The fourth-order valence-electron chi connectivity index (χ4n) is 1.63. The third-order valence-electron chi connectivity index (χ3n) is 2.50. The predicted molar refractivity (Wildman–Crippen MR) is 68.2 cm³/mol. The molecule has 0 unspecified atom stereocenters. The molecule has 0 radical (unpaired) electrons.